The quantitative estimate of drug-likeness (QED) is 0.877. The molecule has 1 amide bonds. The van der Waals surface area contributed by atoms with Crippen LogP contribution in [-0.4, -0.2) is 38.6 Å². The van der Waals surface area contributed by atoms with Crippen molar-refractivity contribution in [1.29, 1.82) is 0 Å². The van der Waals surface area contributed by atoms with Gasteiger partial charge in [0.1, 0.15) is 5.60 Å². The maximum Gasteiger partial charge on any atom is 0.408 e. The van der Waals surface area contributed by atoms with Crippen LogP contribution in [0.3, 0.4) is 0 Å². The summed E-state index contributed by atoms with van der Waals surface area (Å²) in [5, 5.41) is 15.7. The van der Waals surface area contributed by atoms with E-state index < -0.39 is 29.7 Å². The van der Waals surface area contributed by atoms with Gasteiger partial charge in [-0.15, -0.1) is 0 Å². The Hall–Kier alpha value is -2.05. The number of carboxylic acid groups (broad SMARTS) is 1. The molecule has 20 heavy (non-hydrogen) atoms. The predicted molar refractivity (Wildman–Crippen MR) is 72.5 cm³/mol. The summed E-state index contributed by atoms with van der Waals surface area (Å²) in [6.07, 6.45) is 0.819. The molecule has 112 valence electrons. The molecule has 1 aromatic heterocycles. The van der Waals surface area contributed by atoms with Crippen molar-refractivity contribution in [2.24, 2.45) is 0 Å². The van der Waals surface area contributed by atoms with Crippen LogP contribution in [0.5, 0.6) is 0 Å². The summed E-state index contributed by atoms with van der Waals surface area (Å²) >= 11 is 0. The van der Waals surface area contributed by atoms with Gasteiger partial charge in [0.15, 0.2) is 6.04 Å². The van der Waals surface area contributed by atoms with E-state index >= 15 is 0 Å². The van der Waals surface area contributed by atoms with Crippen LogP contribution >= 0.6 is 0 Å². The average Bonchev–Trinajstić information content (AvgIpc) is 2.68. The van der Waals surface area contributed by atoms with Gasteiger partial charge in [-0.3, -0.25) is 4.68 Å². The summed E-state index contributed by atoms with van der Waals surface area (Å²) in [6.45, 7) is 8.63. The molecule has 7 heteroatoms. The molecule has 0 aromatic carbocycles. The number of nitrogens with zero attached hydrogens (tertiary/aromatic N) is 2. The standard InChI is InChI=1S/C13H21N3O4/c1-8-6-7-14-16(8)9(2)10(11(17)18)15-12(19)20-13(3,4)5/h6-7,9-10H,1-5H3,(H,15,19)(H,17,18). The second-order valence-corrected chi connectivity index (χ2v) is 5.62. The molecule has 7 nitrogen and oxygen atoms in total. The second-order valence-electron chi connectivity index (χ2n) is 5.62. The molecule has 2 N–H and O–H groups in total. The summed E-state index contributed by atoms with van der Waals surface area (Å²) in [7, 11) is 0. The van der Waals surface area contributed by atoms with Gasteiger partial charge in [-0.05, 0) is 40.7 Å². The Morgan fingerprint density at radius 2 is 2.05 bits per heavy atom. The van der Waals surface area contributed by atoms with E-state index in [4.69, 9.17) is 4.74 Å². The van der Waals surface area contributed by atoms with Gasteiger partial charge in [0, 0.05) is 11.9 Å². The van der Waals surface area contributed by atoms with Crippen molar-refractivity contribution in [2.75, 3.05) is 0 Å². The number of ether oxygens (including phenoxy) is 1. The fourth-order valence-corrected chi connectivity index (χ4v) is 1.77. The highest BCUT2D eigenvalue weighted by Crippen LogP contribution is 2.14. The minimum absolute atomic E-state index is 0.532. The summed E-state index contributed by atoms with van der Waals surface area (Å²) in [5.41, 5.74) is 0.132. The van der Waals surface area contributed by atoms with E-state index in [0.29, 0.717) is 0 Å². The highest BCUT2D eigenvalue weighted by atomic mass is 16.6. The molecule has 0 fully saturated rings. The van der Waals surface area contributed by atoms with E-state index in [0.717, 1.165) is 5.69 Å². The highest BCUT2D eigenvalue weighted by molar-refractivity contribution is 5.80. The van der Waals surface area contributed by atoms with Gasteiger partial charge in [0.25, 0.3) is 0 Å². The third-order valence-corrected chi connectivity index (χ3v) is 2.67. The molecule has 0 aliphatic carbocycles. The molecule has 1 aromatic rings. The fourth-order valence-electron chi connectivity index (χ4n) is 1.77. The normalized spacial score (nSPS) is 14.4. The van der Waals surface area contributed by atoms with Crippen LogP contribution in [0.15, 0.2) is 12.3 Å². The molecule has 2 atom stereocenters. The van der Waals surface area contributed by atoms with Crippen LogP contribution in [0.4, 0.5) is 4.79 Å². The summed E-state index contributed by atoms with van der Waals surface area (Å²) in [5.74, 6) is -1.14. The predicted octanol–water partition coefficient (Wildman–Crippen LogP) is 1.73. The first kappa shape index (κ1) is 16.0. The smallest absolute Gasteiger partial charge is 0.408 e. The van der Waals surface area contributed by atoms with E-state index in [-0.39, 0.29) is 0 Å². The van der Waals surface area contributed by atoms with Gasteiger partial charge < -0.3 is 15.2 Å². The number of hydrogen-bond acceptors (Lipinski definition) is 4. The van der Waals surface area contributed by atoms with Crippen molar-refractivity contribution in [1.82, 2.24) is 15.1 Å². The Bertz CT molecular complexity index is 490. The van der Waals surface area contributed by atoms with Crippen LogP contribution in [-0.2, 0) is 9.53 Å². The second kappa shape index (κ2) is 5.94. The largest absolute Gasteiger partial charge is 0.480 e. The van der Waals surface area contributed by atoms with E-state index in [2.05, 4.69) is 10.4 Å². The maximum atomic E-state index is 11.7. The number of aryl methyl sites for hydroxylation is 1. The SMILES string of the molecule is Cc1ccnn1C(C)C(NC(=O)OC(C)(C)C)C(=O)O. The first-order chi connectivity index (χ1) is 9.11. The topological polar surface area (TPSA) is 93.5 Å². The minimum Gasteiger partial charge on any atom is -0.480 e. The third-order valence-electron chi connectivity index (χ3n) is 2.67. The lowest BCUT2D eigenvalue weighted by atomic mass is 10.1. The summed E-state index contributed by atoms with van der Waals surface area (Å²) in [4.78, 5) is 23.0. The lowest BCUT2D eigenvalue weighted by molar-refractivity contribution is -0.140. The number of alkyl carbamates (subject to hydrolysis) is 1. The molecule has 0 aliphatic rings. The van der Waals surface area contributed by atoms with Crippen LogP contribution in [0.1, 0.15) is 39.4 Å². The minimum atomic E-state index is -1.14. The number of carboxylic acids is 1. The molecule has 0 aliphatic heterocycles. The van der Waals surface area contributed by atoms with Crippen LogP contribution in [0.25, 0.3) is 0 Å². The molecule has 0 saturated carbocycles. The number of rotatable bonds is 4. The number of carbonyl (C=O) groups excluding carboxylic acids is 1. The average molecular weight is 283 g/mol. The Balaban J connectivity index is 2.83. The van der Waals surface area contributed by atoms with Crippen LogP contribution in [0.2, 0.25) is 0 Å². The first-order valence-corrected chi connectivity index (χ1v) is 6.34. The van der Waals surface area contributed by atoms with Crippen molar-refractivity contribution >= 4 is 12.1 Å². The number of aromatic nitrogens is 2. The Morgan fingerprint density at radius 3 is 2.45 bits per heavy atom. The Morgan fingerprint density at radius 1 is 1.45 bits per heavy atom. The van der Waals surface area contributed by atoms with Gasteiger partial charge in [-0.2, -0.15) is 5.10 Å². The highest BCUT2D eigenvalue weighted by Gasteiger charge is 2.30. The van der Waals surface area contributed by atoms with Gasteiger partial charge in [-0.25, -0.2) is 9.59 Å². The number of carbonyl (C=O) groups is 2. The van der Waals surface area contributed by atoms with Crippen molar-refractivity contribution in [2.45, 2.75) is 52.3 Å². The van der Waals surface area contributed by atoms with Crippen molar-refractivity contribution in [3.63, 3.8) is 0 Å². The summed E-state index contributed by atoms with van der Waals surface area (Å²) < 4.78 is 6.62. The van der Waals surface area contributed by atoms with E-state index in [1.165, 1.54) is 0 Å². The third kappa shape index (κ3) is 4.25. The monoisotopic (exact) mass is 283 g/mol. The van der Waals surface area contributed by atoms with Crippen molar-refractivity contribution in [3.05, 3.63) is 18.0 Å². The number of hydrogen-bond donors (Lipinski definition) is 2. The van der Waals surface area contributed by atoms with Gasteiger partial charge >= 0.3 is 12.1 Å². The molecule has 0 spiro atoms. The van der Waals surface area contributed by atoms with E-state index in [1.807, 2.05) is 6.92 Å². The molecule has 1 rings (SSSR count). The van der Waals surface area contributed by atoms with Crippen molar-refractivity contribution in [3.8, 4) is 0 Å². The molecule has 2 unspecified atom stereocenters. The number of amides is 1. The molecule has 0 radical (unpaired) electrons. The zero-order valence-corrected chi connectivity index (χ0v) is 12.4. The Labute approximate surface area is 117 Å². The number of aliphatic carboxylic acids is 1. The lowest BCUT2D eigenvalue weighted by Gasteiger charge is -2.25. The number of nitrogens with one attached hydrogen (secondary N) is 1. The van der Waals surface area contributed by atoms with Crippen molar-refractivity contribution < 1.29 is 19.4 Å². The maximum absolute atomic E-state index is 11.7. The molecular formula is C13H21N3O4. The fraction of sp³-hybridized carbons (Fsp3) is 0.615. The van der Waals surface area contributed by atoms with E-state index in [1.54, 1.807) is 44.6 Å². The molecule has 0 saturated heterocycles. The van der Waals surface area contributed by atoms with Crippen LogP contribution in [0, 0.1) is 6.92 Å². The van der Waals surface area contributed by atoms with Gasteiger partial charge in [0.2, 0.25) is 0 Å². The van der Waals surface area contributed by atoms with E-state index in [9.17, 15) is 14.7 Å². The summed E-state index contributed by atoms with van der Waals surface area (Å²) in [6, 6.07) is 0.113. The lowest BCUT2D eigenvalue weighted by Crippen LogP contribution is -2.47. The first-order valence-electron chi connectivity index (χ1n) is 6.34. The molecule has 0 bridgehead atoms. The zero-order valence-electron chi connectivity index (χ0n) is 12.4. The Kier molecular flexibility index (Phi) is 4.75. The van der Waals surface area contributed by atoms with Gasteiger partial charge in [-0.1, -0.05) is 0 Å². The van der Waals surface area contributed by atoms with Crippen LogP contribution < -0.4 is 5.32 Å². The molecule has 1 heterocycles. The van der Waals surface area contributed by atoms with Gasteiger partial charge in [0.05, 0.1) is 6.04 Å². The zero-order chi connectivity index (χ0) is 15.5. The molecular weight excluding hydrogens is 262 g/mol.